The summed E-state index contributed by atoms with van der Waals surface area (Å²) in [5.74, 6) is -2.39. The molecule has 0 fully saturated rings. The molecule has 33 heavy (non-hydrogen) atoms. The lowest BCUT2D eigenvalue weighted by molar-refractivity contribution is -0.0232. The summed E-state index contributed by atoms with van der Waals surface area (Å²) < 4.78 is 30.5. The fraction of sp³-hybridized carbons (Fsp3) is 0.391. The monoisotopic (exact) mass is 452 g/mol. The summed E-state index contributed by atoms with van der Waals surface area (Å²) in [4.78, 5) is 8.72. The Morgan fingerprint density at radius 2 is 1.88 bits per heavy atom. The lowest BCUT2D eigenvalue weighted by Gasteiger charge is -2.10. The molecule has 0 amide bonds. The van der Waals surface area contributed by atoms with Gasteiger partial charge >= 0.3 is 5.92 Å². The minimum absolute atomic E-state index is 0.258. The molecule has 1 N–H and O–H groups in total. The molecule has 0 saturated carbocycles. The third-order valence-corrected chi connectivity index (χ3v) is 5.35. The average molecular weight is 453 g/mol. The van der Waals surface area contributed by atoms with Crippen LogP contribution >= 0.6 is 0 Å². The van der Waals surface area contributed by atoms with Crippen LogP contribution in [-0.4, -0.2) is 40.4 Å². The predicted molar refractivity (Wildman–Crippen MR) is 119 cm³/mol. The average Bonchev–Trinajstić information content (AvgIpc) is 3.49. The van der Waals surface area contributed by atoms with Crippen molar-refractivity contribution in [3.8, 4) is 22.6 Å². The first-order valence-corrected chi connectivity index (χ1v) is 11.1. The number of hydrogen-bond acceptors (Lipinski definition) is 6. The summed E-state index contributed by atoms with van der Waals surface area (Å²) in [6, 6.07) is 11.5. The molecule has 3 heterocycles. The van der Waals surface area contributed by atoms with Crippen molar-refractivity contribution >= 4 is 0 Å². The molecule has 0 atom stereocenters. The molecule has 8 nitrogen and oxygen atoms in total. The Balaban J connectivity index is 1.59. The minimum Gasteiger partial charge on any atom is -0.255 e. The van der Waals surface area contributed by atoms with E-state index in [9.17, 15) is 8.78 Å². The van der Waals surface area contributed by atoms with E-state index in [1.165, 1.54) is 0 Å². The van der Waals surface area contributed by atoms with Crippen LogP contribution < -0.4 is 0 Å². The van der Waals surface area contributed by atoms with Gasteiger partial charge in [0.15, 0.2) is 0 Å². The first kappa shape index (κ1) is 22.6. The first-order chi connectivity index (χ1) is 16.0. The maximum Gasteiger partial charge on any atom is 0.308 e. The number of aromatic amines is 1. The maximum absolute atomic E-state index is 14.4. The summed E-state index contributed by atoms with van der Waals surface area (Å²) in [5.41, 5.74) is 3.34. The molecule has 0 saturated heterocycles. The molecule has 0 radical (unpaired) electrons. The zero-order chi connectivity index (χ0) is 23.3. The van der Waals surface area contributed by atoms with Gasteiger partial charge in [0.25, 0.3) is 0 Å². The molecular formula is C23H26F2N8. The van der Waals surface area contributed by atoms with Crippen molar-refractivity contribution in [3.63, 3.8) is 0 Å². The van der Waals surface area contributed by atoms with E-state index in [-0.39, 0.29) is 12.2 Å². The highest BCUT2D eigenvalue weighted by atomic mass is 19.3. The van der Waals surface area contributed by atoms with Crippen molar-refractivity contribution < 1.29 is 8.78 Å². The largest absolute Gasteiger partial charge is 0.308 e. The Bertz CT molecular complexity index is 1170. The van der Waals surface area contributed by atoms with E-state index in [0.29, 0.717) is 31.0 Å². The topological polar surface area (TPSA) is 98.1 Å². The van der Waals surface area contributed by atoms with E-state index in [1.807, 2.05) is 36.4 Å². The number of hydrogen-bond donors (Lipinski definition) is 1. The summed E-state index contributed by atoms with van der Waals surface area (Å²) >= 11 is 0. The Hall–Kier alpha value is -3.56. The number of H-pyrrole nitrogens is 1. The van der Waals surface area contributed by atoms with Gasteiger partial charge < -0.3 is 0 Å². The normalized spacial score (nSPS) is 11.8. The summed E-state index contributed by atoms with van der Waals surface area (Å²) in [5, 5.41) is 18.3. The molecule has 10 heteroatoms. The third-order valence-electron chi connectivity index (χ3n) is 5.35. The molecule has 4 aromatic rings. The van der Waals surface area contributed by atoms with Gasteiger partial charge in [0.2, 0.25) is 11.6 Å². The number of unbranched alkanes of at least 4 members (excludes halogenated alkanes) is 1. The predicted octanol–water partition coefficient (Wildman–Crippen LogP) is 4.80. The molecule has 0 unspecified atom stereocenters. The molecule has 0 aliphatic rings. The molecule has 0 aliphatic carbocycles. The number of nitrogens with zero attached hydrogens (tertiary/aromatic N) is 7. The van der Waals surface area contributed by atoms with Gasteiger partial charge in [0, 0.05) is 36.7 Å². The minimum atomic E-state index is -3.02. The Kier molecular flexibility index (Phi) is 6.81. The van der Waals surface area contributed by atoms with Gasteiger partial charge in [-0.25, -0.2) is 9.67 Å². The van der Waals surface area contributed by atoms with Crippen LogP contribution in [-0.2, 0) is 18.9 Å². The molecule has 4 rings (SSSR count). The Morgan fingerprint density at radius 1 is 1.06 bits per heavy atom. The summed E-state index contributed by atoms with van der Waals surface area (Å²) in [7, 11) is 0. The molecule has 172 valence electrons. The number of rotatable bonds is 10. The smallest absolute Gasteiger partial charge is 0.255 e. The van der Waals surface area contributed by atoms with Crippen LogP contribution in [0.15, 0.2) is 42.6 Å². The molecule has 3 aromatic heterocycles. The fourth-order valence-corrected chi connectivity index (χ4v) is 3.63. The number of pyridine rings is 1. The lowest BCUT2D eigenvalue weighted by atomic mass is 10.0. The first-order valence-electron chi connectivity index (χ1n) is 11.1. The standard InChI is InChI=1S/C23H26F2N8/c1-3-5-14-33-19(27-22(30-33)23(24,25)12-4-2)15-16-8-10-17(11-9-16)20-18(7-6-13-26-20)21-28-31-32-29-21/h6-11,13H,3-5,12,14-15H2,1-2H3,(H,28,29,31,32). The highest BCUT2D eigenvalue weighted by Crippen LogP contribution is 2.31. The van der Waals surface area contributed by atoms with E-state index in [2.05, 4.69) is 42.6 Å². The number of tetrazole rings is 1. The summed E-state index contributed by atoms with van der Waals surface area (Å²) in [6.45, 7) is 4.36. The van der Waals surface area contributed by atoms with Crippen molar-refractivity contribution in [2.75, 3.05) is 0 Å². The van der Waals surface area contributed by atoms with Crippen molar-refractivity contribution in [2.45, 2.75) is 58.4 Å². The van der Waals surface area contributed by atoms with Gasteiger partial charge in [-0.3, -0.25) is 4.98 Å². The second kappa shape index (κ2) is 9.93. The van der Waals surface area contributed by atoms with Gasteiger partial charge in [-0.05, 0) is 35.8 Å². The third kappa shape index (κ3) is 5.10. The number of aromatic nitrogens is 8. The highest BCUT2D eigenvalue weighted by molar-refractivity contribution is 5.76. The zero-order valence-electron chi connectivity index (χ0n) is 18.7. The van der Waals surface area contributed by atoms with Crippen LogP contribution in [0.25, 0.3) is 22.6 Å². The van der Waals surface area contributed by atoms with Crippen molar-refractivity contribution in [1.29, 1.82) is 0 Å². The second-order valence-corrected chi connectivity index (χ2v) is 7.89. The quantitative estimate of drug-likeness (QED) is 0.371. The van der Waals surface area contributed by atoms with Crippen molar-refractivity contribution in [1.82, 2.24) is 40.4 Å². The maximum atomic E-state index is 14.4. The number of benzene rings is 1. The molecular weight excluding hydrogens is 426 g/mol. The van der Waals surface area contributed by atoms with E-state index in [1.54, 1.807) is 17.8 Å². The lowest BCUT2D eigenvalue weighted by Crippen LogP contribution is -2.15. The van der Waals surface area contributed by atoms with Crippen LogP contribution in [0.1, 0.15) is 56.7 Å². The van der Waals surface area contributed by atoms with Crippen LogP contribution in [0, 0.1) is 0 Å². The fourth-order valence-electron chi connectivity index (χ4n) is 3.63. The molecule has 0 bridgehead atoms. The van der Waals surface area contributed by atoms with E-state index in [0.717, 1.165) is 35.2 Å². The zero-order valence-corrected chi connectivity index (χ0v) is 18.7. The summed E-state index contributed by atoms with van der Waals surface area (Å²) in [6.07, 6.45) is 4.03. The van der Waals surface area contributed by atoms with Gasteiger partial charge in [-0.15, -0.1) is 15.3 Å². The van der Waals surface area contributed by atoms with Crippen molar-refractivity contribution in [2.24, 2.45) is 0 Å². The number of nitrogens with one attached hydrogen (secondary N) is 1. The number of aryl methyl sites for hydroxylation is 1. The van der Waals surface area contributed by atoms with Gasteiger partial charge in [-0.2, -0.15) is 14.0 Å². The van der Waals surface area contributed by atoms with E-state index < -0.39 is 5.92 Å². The number of halogens is 2. The van der Waals surface area contributed by atoms with Crippen LogP contribution in [0.3, 0.4) is 0 Å². The Morgan fingerprint density at radius 3 is 2.58 bits per heavy atom. The molecule has 0 spiro atoms. The van der Waals surface area contributed by atoms with Crippen LogP contribution in [0.2, 0.25) is 0 Å². The van der Waals surface area contributed by atoms with Gasteiger partial charge in [0.1, 0.15) is 5.82 Å². The Labute approximate surface area is 190 Å². The SMILES string of the molecule is CCCCn1nc(C(F)(F)CCC)nc1Cc1ccc(-c2ncccc2-c2nn[nH]n2)cc1. The highest BCUT2D eigenvalue weighted by Gasteiger charge is 2.36. The van der Waals surface area contributed by atoms with E-state index >= 15 is 0 Å². The van der Waals surface area contributed by atoms with Crippen LogP contribution in [0.5, 0.6) is 0 Å². The van der Waals surface area contributed by atoms with Gasteiger partial charge in [0.05, 0.1) is 5.69 Å². The molecule has 0 aliphatic heterocycles. The number of alkyl halides is 2. The van der Waals surface area contributed by atoms with E-state index in [4.69, 9.17) is 0 Å². The van der Waals surface area contributed by atoms with Gasteiger partial charge in [-0.1, -0.05) is 44.5 Å². The van der Waals surface area contributed by atoms with Crippen molar-refractivity contribution in [3.05, 3.63) is 59.8 Å². The molecule has 1 aromatic carbocycles. The van der Waals surface area contributed by atoms with Crippen LogP contribution in [0.4, 0.5) is 8.78 Å². The second-order valence-electron chi connectivity index (χ2n) is 7.89.